The minimum atomic E-state index is -3.25. The standard InChI is InChI=1S/C18H22F2O5/c19-18(20,11-25-12-4-2-1-3-5-12)9-8-14-13(6-7-17(23)24)15(21)10-16(14)22/h1-5,8-9,13-16,21-22H,6-7,10-11H2,(H,23,24)/b9-8+/t13-,14-,15+,16-/m1/s1. The zero-order chi connectivity index (χ0) is 18.4. The van der Waals surface area contributed by atoms with Crippen LogP contribution < -0.4 is 4.74 Å². The Morgan fingerprint density at radius 1 is 1.24 bits per heavy atom. The number of halogens is 2. The maximum absolute atomic E-state index is 14.0. The average Bonchev–Trinajstić information content (AvgIpc) is 2.83. The van der Waals surface area contributed by atoms with Crippen molar-refractivity contribution in [2.45, 2.75) is 37.4 Å². The van der Waals surface area contributed by atoms with Crippen LogP contribution in [0.25, 0.3) is 0 Å². The number of ether oxygens (including phenoxy) is 1. The molecule has 1 fully saturated rings. The number of aliphatic hydroxyl groups excluding tert-OH is 2. The molecule has 5 nitrogen and oxygen atoms in total. The first-order chi connectivity index (χ1) is 11.8. The molecule has 0 unspecified atom stereocenters. The molecular formula is C18H22F2O5. The van der Waals surface area contributed by atoms with E-state index < -0.39 is 42.5 Å². The minimum Gasteiger partial charge on any atom is -0.487 e. The Morgan fingerprint density at radius 2 is 1.92 bits per heavy atom. The van der Waals surface area contributed by atoms with Gasteiger partial charge in [-0.15, -0.1) is 0 Å². The molecule has 0 radical (unpaired) electrons. The molecule has 138 valence electrons. The van der Waals surface area contributed by atoms with Crippen molar-refractivity contribution in [3.8, 4) is 5.75 Å². The maximum Gasteiger partial charge on any atom is 0.303 e. The van der Waals surface area contributed by atoms with Crippen LogP contribution >= 0.6 is 0 Å². The normalized spacial score (nSPS) is 26.9. The first kappa shape index (κ1) is 19.3. The molecular weight excluding hydrogens is 334 g/mol. The quantitative estimate of drug-likeness (QED) is 0.623. The topological polar surface area (TPSA) is 87.0 Å². The third-order valence-electron chi connectivity index (χ3n) is 4.34. The highest BCUT2D eigenvalue weighted by atomic mass is 19.3. The highest BCUT2D eigenvalue weighted by Crippen LogP contribution is 2.37. The van der Waals surface area contributed by atoms with Gasteiger partial charge in [-0.05, 0) is 30.5 Å². The molecule has 4 atom stereocenters. The van der Waals surface area contributed by atoms with Gasteiger partial charge in [0, 0.05) is 18.8 Å². The first-order valence-electron chi connectivity index (χ1n) is 8.11. The largest absolute Gasteiger partial charge is 0.487 e. The molecule has 3 N–H and O–H groups in total. The molecule has 25 heavy (non-hydrogen) atoms. The molecule has 0 saturated heterocycles. The smallest absolute Gasteiger partial charge is 0.303 e. The van der Waals surface area contributed by atoms with Gasteiger partial charge in [-0.25, -0.2) is 0 Å². The minimum absolute atomic E-state index is 0.0470. The Bertz CT molecular complexity index is 590. The van der Waals surface area contributed by atoms with Gasteiger partial charge in [-0.3, -0.25) is 4.79 Å². The number of alkyl halides is 2. The molecule has 0 heterocycles. The van der Waals surface area contributed by atoms with Crippen molar-refractivity contribution in [1.29, 1.82) is 0 Å². The highest BCUT2D eigenvalue weighted by Gasteiger charge is 2.41. The van der Waals surface area contributed by atoms with E-state index in [0.29, 0.717) is 11.8 Å². The summed E-state index contributed by atoms with van der Waals surface area (Å²) in [5.74, 6) is -5.23. The second-order valence-electron chi connectivity index (χ2n) is 6.27. The second-order valence-corrected chi connectivity index (χ2v) is 6.27. The van der Waals surface area contributed by atoms with Gasteiger partial charge in [-0.2, -0.15) is 8.78 Å². The average molecular weight is 356 g/mol. The number of hydrogen-bond acceptors (Lipinski definition) is 4. The molecule has 7 heteroatoms. The molecule has 0 aliphatic heterocycles. The summed E-state index contributed by atoms with van der Waals surface area (Å²) < 4.78 is 33.0. The first-order valence-corrected chi connectivity index (χ1v) is 8.11. The van der Waals surface area contributed by atoms with Crippen molar-refractivity contribution in [3.05, 3.63) is 42.5 Å². The molecule has 0 aromatic heterocycles. The summed E-state index contributed by atoms with van der Waals surface area (Å²) in [5.41, 5.74) is 0. The molecule has 1 aliphatic carbocycles. The Kier molecular flexibility index (Phi) is 6.50. The van der Waals surface area contributed by atoms with Crippen LogP contribution in [-0.2, 0) is 4.79 Å². The summed E-state index contributed by atoms with van der Waals surface area (Å²) >= 11 is 0. The van der Waals surface area contributed by atoms with Crippen molar-refractivity contribution in [2.24, 2.45) is 11.8 Å². The fourth-order valence-electron chi connectivity index (χ4n) is 3.06. The van der Waals surface area contributed by atoms with Gasteiger partial charge in [0.15, 0.2) is 6.61 Å². The van der Waals surface area contributed by atoms with Gasteiger partial charge in [0.05, 0.1) is 12.2 Å². The number of carbonyl (C=O) groups is 1. The Morgan fingerprint density at radius 3 is 2.56 bits per heavy atom. The number of para-hydroxylation sites is 1. The molecule has 1 aliphatic rings. The summed E-state index contributed by atoms with van der Waals surface area (Å²) in [5, 5.41) is 28.6. The van der Waals surface area contributed by atoms with E-state index in [4.69, 9.17) is 9.84 Å². The van der Waals surface area contributed by atoms with E-state index in [1.807, 2.05) is 0 Å². The van der Waals surface area contributed by atoms with Gasteiger partial charge < -0.3 is 20.1 Å². The van der Waals surface area contributed by atoms with Gasteiger partial charge in [-0.1, -0.05) is 24.3 Å². The molecule has 1 saturated carbocycles. The Labute approximate surface area is 144 Å². The van der Waals surface area contributed by atoms with Gasteiger partial charge >= 0.3 is 5.97 Å². The van der Waals surface area contributed by atoms with Crippen molar-refractivity contribution >= 4 is 5.97 Å². The lowest BCUT2D eigenvalue weighted by molar-refractivity contribution is -0.137. The summed E-state index contributed by atoms with van der Waals surface area (Å²) in [6, 6.07) is 8.23. The number of aliphatic carboxylic acids is 1. The number of rotatable bonds is 8. The summed E-state index contributed by atoms with van der Waals surface area (Å²) in [6.07, 6.45) is -0.0712. The number of carboxylic acids is 1. The lowest BCUT2D eigenvalue weighted by Gasteiger charge is -2.21. The van der Waals surface area contributed by atoms with Crippen LogP contribution in [0.5, 0.6) is 5.75 Å². The molecule has 1 aromatic carbocycles. The lowest BCUT2D eigenvalue weighted by atomic mass is 9.89. The lowest BCUT2D eigenvalue weighted by Crippen LogP contribution is -2.25. The molecule has 0 amide bonds. The van der Waals surface area contributed by atoms with Crippen LogP contribution in [0.3, 0.4) is 0 Å². The number of hydrogen-bond donors (Lipinski definition) is 3. The van der Waals surface area contributed by atoms with E-state index in [1.54, 1.807) is 30.3 Å². The Balaban J connectivity index is 1.97. The van der Waals surface area contributed by atoms with Crippen molar-refractivity contribution in [1.82, 2.24) is 0 Å². The van der Waals surface area contributed by atoms with E-state index in [1.165, 1.54) is 6.08 Å². The SMILES string of the molecule is O=C(O)CC[C@@H]1[C@@H](/C=C/C(F)(F)COc2ccccc2)[C@H](O)C[C@@H]1O. The van der Waals surface area contributed by atoms with Crippen LogP contribution in [0.4, 0.5) is 8.78 Å². The van der Waals surface area contributed by atoms with Crippen molar-refractivity contribution in [2.75, 3.05) is 6.61 Å². The second kappa shape index (κ2) is 8.40. The van der Waals surface area contributed by atoms with Crippen LogP contribution in [-0.4, -0.2) is 46.0 Å². The van der Waals surface area contributed by atoms with Gasteiger partial charge in [0.1, 0.15) is 5.75 Å². The van der Waals surface area contributed by atoms with Crippen molar-refractivity contribution in [3.63, 3.8) is 0 Å². The van der Waals surface area contributed by atoms with Crippen molar-refractivity contribution < 1.29 is 33.6 Å². The zero-order valence-electron chi connectivity index (χ0n) is 13.6. The predicted octanol–water partition coefficient (Wildman–Crippen LogP) is 2.48. The van der Waals surface area contributed by atoms with Gasteiger partial charge in [0.2, 0.25) is 0 Å². The van der Waals surface area contributed by atoms with Crippen LogP contribution in [0.2, 0.25) is 0 Å². The fraction of sp³-hybridized carbons (Fsp3) is 0.500. The predicted molar refractivity (Wildman–Crippen MR) is 86.5 cm³/mol. The van der Waals surface area contributed by atoms with E-state index in [2.05, 4.69) is 0 Å². The highest BCUT2D eigenvalue weighted by molar-refractivity contribution is 5.66. The van der Waals surface area contributed by atoms with Crippen LogP contribution in [0.1, 0.15) is 19.3 Å². The molecule has 1 aromatic rings. The Hall–Kier alpha value is -1.99. The monoisotopic (exact) mass is 356 g/mol. The zero-order valence-corrected chi connectivity index (χ0v) is 13.6. The van der Waals surface area contributed by atoms with E-state index >= 15 is 0 Å². The van der Waals surface area contributed by atoms with Crippen LogP contribution in [0, 0.1) is 11.8 Å². The summed E-state index contributed by atoms with van der Waals surface area (Å²) in [6.45, 7) is -0.849. The maximum atomic E-state index is 14.0. The summed E-state index contributed by atoms with van der Waals surface area (Å²) in [7, 11) is 0. The number of benzene rings is 1. The number of carboxylic acid groups (broad SMARTS) is 1. The fourth-order valence-corrected chi connectivity index (χ4v) is 3.06. The van der Waals surface area contributed by atoms with Crippen LogP contribution in [0.15, 0.2) is 42.5 Å². The third-order valence-corrected chi connectivity index (χ3v) is 4.34. The third kappa shape index (κ3) is 5.79. The van der Waals surface area contributed by atoms with E-state index in [0.717, 1.165) is 0 Å². The van der Waals surface area contributed by atoms with E-state index in [-0.39, 0.29) is 19.3 Å². The molecule has 2 rings (SSSR count). The number of aliphatic hydroxyl groups is 2. The van der Waals surface area contributed by atoms with E-state index in [9.17, 15) is 23.8 Å². The van der Waals surface area contributed by atoms with Gasteiger partial charge in [0.25, 0.3) is 5.92 Å². The molecule has 0 bridgehead atoms. The summed E-state index contributed by atoms with van der Waals surface area (Å²) in [4.78, 5) is 10.7. The molecule has 0 spiro atoms.